The monoisotopic (exact) mass is 199 g/mol. The molecule has 6 nitrogen and oxygen atoms in total. The van der Waals surface area contributed by atoms with Gasteiger partial charge in [0.15, 0.2) is 0 Å². The lowest BCUT2D eigenvalue weighted by molar-refractivity contribution is 0.180. The maximum absolute atomic E-state index is 5.79. The van der Waals surface area contributed by atoms with E-state index in [1.807, 2.05) is 0 Å². The highest BCUT2D eigenvalue weighted by Gasteiger charge is 2.12. The van der Waals surface area contributed by atoms with Gasteiger partial charge in [-0.3, -0.25) is 0 Å². The maximum atomic E-state index is 5.79. The van der Waals surface area contributed by atoms with Crippen LogP contribution in [0.2, 0.25) is 0 Å². The van der Waals surface area contributed by atoms with Crippen molar-refractivity contribution in [2.75, 3.05) is 13.7 Å². The molecule has 0 aliphatic heterocycles. The summed E-state index contributed by atoms with van der Waals surface area (Å²) in [6.45, 7) is 0.462. The fourth-order valence-electron chi connectivity index (χ4n) is 0.976. The standard InChI is InChI=1S/C6H9N5OS/c1-12-2-4(7)5-10-11-3-8-9-6(11)13-5/h3-4H,2,7H2,1H3. The van der Waals surface area contributed by atoms with Crippen LogP contribution in [0, 0.1) is 0 Å². The fourth-order valence-corrected chi connectivity index (χ4v) is 1.78. The number of rotatable bonds is 3. The van der Waals surface area contributed by atoms with E-state index >= 15 is 0 Å². The molecule has 0 amide bonds. The molecule has 70 valence electrons. The average molecular weight is 199 g/mol. The minimum absolute atomic E-state index is 0.184. The molecule has 0 aliphatic rings. The van der Waals surface area contributed by atoms with Crippen molar-refractivity contribution in [3.63, 3.8) is 0 Å². The van der Waals surface area contributed by atoms with E-state index in [-0.39, 0.29) is 6.04 Å². The van der Waals surface area contributed by atoms with Gasteiger partial charge in [-0.05, 0) is 0 Å². The number of aromatic nitrogens is 4. The Kier molecular flexibility index (Phi) is 2.21. The van der Waals surface area contributed by atoms with Crippen molar-refractivity contribution in [3.05, 3.63) is 11.3 Å². The Morgan fingerprint density at radius 2 is 2.62 bits per heavy atom. The zero-order chi connectivity index (χ0) is 9.26. The SMILES string of the molecule is COCC(N)c1nn2cnnc2s1. The molecule has 13 heavy (non-hydrogen) atoms. The zero-order valence-electron chi connectivity index (χ0n) is 7.04. The number of methoxy groups -OCH3 is 1. The third-order valence-electron chi connectivity index (χ3n) is 1.57. The third-order valence-corrected chi connectivity index (χ3v) is 2.61. The molecule has 2 aromatic rings. The van der Waals surface area contributed by atoms with E-state index in [1.165, 1.54) is 11.3 Å². The highest BCUT2D eigenvalue weighted by atomic mass is 32.1. The lowest BCUT2D eigenvalue weighted by atomic mass is 10.4. The van der Waals surface area contributed by atoms with Crippen LogP contribution in [0.1, 0.15) is 11.0 Å². The van der Waals surface area contributed by atoms with Crippen LogP contribution >= 0.6 is 11.3 Å². The summed E-state index contributed by atoms with van der Waals surface area (Å²) in [6, 6.07) is -0.184. The Morgan fingerprint density at radius 3 is 3.31 bits per heavy atom. The van der Waals surface area contributed by atoms with Crippen LogP contribution in [0.4, 0.5) is 0 Å². The van der Waals surface area contributed by atoms with Gasteiger partial charge in [0.1, 0.15) is 11.3 Å². The topological polar surface area (TPSA) is 78.3 Å². The largest absolute Gasteiger partial charge is 0.383 e. The van der Waals surface area contributed by atoms with Crippen LogP contribution in [0.25, 0.3) is 4.96 Å². The van der Waals surface area contributed by atoms with Gasteiger partial charge in [0.25, 0.3) is 0 Å². The average Bonchev–Trinajstić information content (AvgIpc) is 2.61. The number of ether oxygens (including phenoxy) is 1. The van der Waals surface area contributed by atoms with Gasteiger partial charge in [0.05, 0.1) is 12.6 Å². The van der Waals surface area contributed by atoms with Gasteiger partial charge in [-0.2, -0.15) is 9.61 Å². The van der Waals surface area contributed by atoms with Crippen molar-refractivity contribution in [3.8, 4) is 0 Å². The van der Waals surface area contributed by atoms with Crippen LogP contribution in [0.3, 0.4) is 0 Å². The van der Waals surface area contributed by atoms with Gasteiger partial charge in [-0.25, -0.2) is 0 Å². The molecule has 0 radical (unpaired) electrons. The molecule has 0 bridgehead atoms. The fraction of sp³-hybridized carbons (Fsp3) is 0.500. The first-order valence-corrected chi connectivity index (χ1v) is 4.54. The summed E-state index contributed by atoms with van der Waals surface area (Å²) in [7, 11) is 1.61. The smallest absolute Gasteiger partial charge is 0.234 e. The highest BCUT2D eigenvalue weighted by Crippen LogP contribution is 2.17. The van der Waals surface area contributed by atoms with E-state index in [9.17, 15) is 0 Å². The second-order valence-electron chi connectivity index (χ2n) is 2.56. The first kappa shape index (κ1) is 8.54. The van der Waals surface area contributed by atoms with Crippen molar-refractivity contribution < 1.29 is 4.74 Å². The Balaban J connectivity index is 2.28. The Labute approximate surface area is 78.3 Å². The van der Waals surface area contributed by atoms with E-state index in [4.69, 9.17) is 10.5 Å². The van der Waals surface area contributed by atoms with Gasteiger partial charge < -0.3 is 10.5 Å². The molecule has 2 rings (SSSR count). The van der Waals surface area contributed by atoms with E-state index in [2.05, 4.69) is 15.3 Å². The molecule has 0 saturated heterocycles. The molecular weight excluding hydrogens is 190 g/mol. The van der Waals surface area contributed by atoms with Crippen LogP contribution in [-0.2, 0) is 4.74 Å². The summed E-state index contributed by atoms with van der Waals surface area (Å²) in [5.41, 5.74) is 5.79. The predicted octanol–water partition coefficient (Wildman–Crippen LogP) is -0.168. The molecule has 0 fully saturated rings. The van der Waals surface area contributed by atoms with Gasteiger partial charge in [-0.15, -0.1) is 10.2 Å². The Morgan fingerprint density at radius 1 is 1.77 bits per heavy atom. The van der Waals surface area contributed by atoms with Crippen molar-refractivity contribution in [2.45, 2.75) is 6.04 Å². The second-order valence-corrected chi connectivity index (χ2v) is 3.55. The lowest BCUT2D eigenvalue weighted by Gasteiger charge is -2.04. The second kappa shape index (κ2) is 3.36. The van der Waals surface area contributed by atoms with Crippen molar-refractivity contribution >= 4 is 16.3 Å². The number of nitrogens with zero attached hydrogens (tertiary/aromatic N) is 4. The van der Waals surface area contributed by atoms with Crippen LogP contribution in [0.5, 0.6) is 0 Å². The molecule has 2 N–H and O–H groups in total. The van der Waals surface area contributed by atoms with E-state index in [0.29, 0.717) is 6.61 Å². The van der Waals surface area contributed by atoms with Crippen LogP contribution in [-0.4, -0.2) is 33.5 Å². The summed E-state index contributed by atoms with van der Waals surface area (Å²) < 4.78 is 6.53. The quantitative estimate of drug-likeness (QED) is 0.742. The molecule has 2 heterocycles. The van der Waals surface area contributed by atoms with Gasteiger partial charge in [0, 0.05) is 7.11 Å². The van der Waals surface area contributed by atoms with Gasteiger partial charge in [0.2, 0.25) is 4.96 Å². The van der Waals surface area contributed by atoms with E-state index in [1.54, 1.807) is 18.0 Å². The van der Waals surface area contributed by atoms with E-state index < -0.39 is 0 Å². The first-order chi connectivity index (χ1) is 6.31. The molecule has 7 heteroatoms. The van der Waals surface area contributed by atoms with Gasteiger partial charge >= 0.3 is 0 Å². The molecule has 1 unspecified atom stereocenters. The first-order valence-electron chi connectivity index (χ1n) is 3.72. The number of hydrogen-bond acceptors (Lipinski definition) is 6. The molecule has 0 aliphatic carbocycles. The van der Waals surface area contributed by atoms with Gasteiger partial charge in [-0.1, -0.05) is 11.3 Å². The molecule has 0 aromatic carbocycles. The van der Waals surface area contributed by atoms with Crippen molar-refractivity contribution in [1.29, 1.82) is 0 Å². The minimum atomic E-state index is -0.184. The number of hydrogen-bond donors (Lipinski definition) is 1. The molecule has 0 saturated carbocycles. The Bertz CT molecular complexity index is 368. The van der Waals surface area contributed by atoms with Crippen molar-refractivity contribution in [2.24, 2.45) is 5.73 Å². The van der Waals surface area contributed by atoms with Crippen molar-refractivity contribution in [1.82, 2.24) is 19.8 Å². The number of nitrogens with two attached hydrogens (primary N) is 1. The highest BCUT2D eigenvalue weighted by molar-refractivity contribution is 7.16. The number of fused-ring (bicyclic) bond motifs is 1. The molecule has 1 atom stereocenters. The molecule has 0 spiro atoms. The molecule has 2 aromatic heterocycles. The summed E-state index contributed by atoms with van der Waals surface area (Å²) in [4.78, 5) is 0.751. The summed E-state index contributed by atoms with van der Waals surface area (Å²) in [5, 5.41) is 12.6. The van der Waals surface area contributed by atoms with Crippen LogP contribution in [0.15, 0.2) is 6.33 Å². The summed E-state index contributed by atoms with van der Waals surface area (Å²) in [6.07, 6.45) is 1.55. The lowest BCUT2D eigenvalue weighted by Crippen LogP contribution is -2.16. The summed E-state index contributed by atoms with van der Waals surface area (Å²) in [5.74, 6) is 0. The van der Waals surface area contributed by atoms with E-state index in [0.717, 1.165) is 9.97 Å². The van der Waals surface area contributed by atoms with Crippen LogP contribution < -0.4 is 5.73 Å². The Hall–Kier alpha value is -1.05. The minimum Gasteiger partial charge on any atom is -0.383 e. The maximum Gasteiger partial charge on any atom is 0.234 e. The normalized spacial score (nSPS) is 13.7. The summed E-state index contributed by atoms with van der Waals surface area (Å²) >= 11 is 1.43. The zero-order valence-corrected chi connectivity index (χ0v) is 7.86. The predicted molar refractivity (Wildman–Crippen MR) is 47.5 cm³/mol. The molecular formula is C6H9N5OS. The third kappa shape index (κ3) is 1.53.